The Hall–Kier alpha value is -0.120. The van der Waals surface area contributed by atoms with Gasteiger partial charge in [0.15, 0.2) is 0 Å². The highest BCUT2D eigenvalue weighted by Crippen LogP contribution is 2.11. The number of morpholine rings is 1. The Labute approximate surface area is 101 Å². The van der Waals surface area contributed by atoms with E-state index in [1.54, 1.807) is 0 Å². The van der Waals surface area contributed by atoms with Crippen molar-refractivity contribution in [3.8, 4) is 0 Å². The van der Waals surface area contributed by atoms with E-state index in [0.717, 1.165) is 19.6 Å². The van der Waals surface area contributed by atoms with Crippen LogP contribution >= 0.6 is 0 Å². The predicted molar refractivity (Wildman–Crippen MR) is 68.8 cm³/mol. The summed E-state index contributed by atoms with van der Waals surface area (Å²) in [7, 11) is 0. The zero-order valence-corrected chi connectivity index (χ0v) is 11.3. The molecule has 1 heterocycles. The van der Waals surface area contributed by atoms with Gasteiger partial charge in [0.2, 0.25) is 0 Å². The summed E-state index contributed by atoms with van der Waals surface area (Å²) >= 11 is 0. The van der Waals surface area contributed by atoms with Gasteiger partial charge in [-0.2, -0.15) is 0 Å². The minimum absolute atomic E-state index is 0.398. The van der Waals surface area contributed by atoms with Gasteiger partial charge in [-0.3, -0.25) is 4.90 Å². The summed E-state index contributed by atoms with van der Waals surface area (Å²) in [6.07, 6.45) is 3.35. The number of nitrogens with zero attached hydrogens (tertiary/aromatic N) is 1. The van der Waals surface area contributed by atoms with Crippen LogP contribution in [0.5, 0.6) is 0 Å². The average molecular weight is 228 g/mol. The van der Waals surface area contributed by atoms with Crippen LogP contribution in [0.3, 0.4) is 0 Å². The lowest BCUT2D eigenvalue weighted by Gasteiger charge is -2.35. The fourth-order valence-electron chi connectivity index (χ4n) is 2.54. The lowest BCUT2D eigenvalue weighted by Crippen LogP contribution is -2.45. The van der Waals surface area contributed by atoms with Gasteiger partial charge in [0.05, 0.1) is 12.2 Å². The first-order valence-electron chi connectivity index (χ1n) is 6.73. The SMILES string of the molecule is CCNC(C)CCCN1CC(C)OC(C)C1. The van der Waals surface area contributed by atoms with Gasteiger partial charge in [-0.15, -0.1) is 0 Å². The molecule has 3 heteroatoms. The molecular formula is C13H28N2O. The maximum absolute atomic E-state index is 5.73. The summed E-state index contributed by atoms with van der Waals surface area (Å²) in [5.41, 5.74) is 0. The van der Waals surface area contributed by atoms with E-state index < -0.39 is 0 Å². The van der Waals surface area contributed by atoms with Crippen LogP contribution in [0.25, 0.3) is 0 Å². The van der Waals surface area contributed by atoms with E-state index >= 15 is 0 Å². The molecule has 0 spiro atoms. The Morgan fingerprint density at radius 3 is 2.50 bits per heavy atom. The second-order valence-electron chi connectivity index (χ2n) is 5.12. The maximum atomic E-state index is 5.73. The summed E-state index contributed by atoms with van der Waals surface area (Å²) < 4.78 is 5.73. The molecule has 3 nitrogen and oxygen atoms in total. The minimum Gasteiger partial charge on any atom is -0.373 e. The molecule has 16 heavy (non-hydrogen) atoms. The van der Waals surface area contributed by atoms with E-state index in [2.05, 4.69) is 37.9 Å². The molecule has 1 rings (SSSR count). The zero-order valence-electron chi connectivity index (χ0n) is 11.3. The smallest absolute Gasteiger partial charge is 0.0678 e. The Balaban J connectivity index is 2.12. The van der Waals surface area contributed by atoms with Crippen molar-refractivity contribution in [3.05, 3.63) is 0 Å². The third-order valence-electron chi connectivity index (χ3n) is 3.16. The number of rotatable bonds is 6. The van der Waals surface area contributed by atoms with E-state index in [4.69, 9.17) is 4.74 Å². The van der Waals surface area contributed by atoms with E-state index in [-0.39, 0.29) is 0 Å². The normalized spacial score (nSPS) is 29.2. The molecule has 1 fully saturated rings. The number of hydrogen-bond donors (Lipinski definition) is 1. The Morgan fingerprint density at radius 1 is 1.31 bits per heavy atom. The topological polar surface area (TPSA) is 24.5 Å². The van der Waals surface area contributed by atoms with E-state index in [0.29, 0.717) is 18.2 Å². The quantitative estimate of drug-likeness (QED) is 0.751. The van der Waals surface area contributed by atoms with Crippen molar-refractivity contribution in [1.29, 1.82) is 0 Å². The molecular weight excluding hydrogens is 200 g/mol. The standard InChI is InChI=1S/C13H28N2O/c1-5-14-11(2)7-6-8-15-9-12(3)16-13(4)10-15/h11-14H,5-10H2,1-4H3. The first-order chi connectivity index (χ1) is 7.61. The lowest BCUT2D eigenvalue weighted by molar-refractivity contribution is -0.0682. The summed E-state index contributed by atoms with van der Waals surface area (Å²) in [5, 5.41) is 3.46. The van der Waals surface area contributed by atoms with Crippen molar-refractivity contribution in [2.75, 3.05) is 26.2 Å². The van der Waals surface area contributed by atoms with Gasteiger partial charge < -0.3 is 10.1 Å². The van der Waals surface area contributed by atoms with Gasteiger partial charge in [0, 0.05) is 19.1 Å². The highest BCUT2D eigenvalue weighted by Gasteiger charge is 2.21. The molecule has 0 radical (unpaired) electrons. The minimum atomic E-state index is 0.398. The van der Waals surface area contributed by atoms with Crippen LogP contribution in [0.4, 0.5) is 0 Å². The lowest BCUT2D eigenvalue weighted by atomic mass is 10.1. The average Bonchev–Trinajstić information content (AvgIpc) is 2.16. The zero-order chi connectivity index (χ0) is 12.0. The van der Waals surface area contributed by atoms with Crippen molar-refractivity contribution in [3.63, 3.8) is 0 Å². The van der Waals surface area contributed by atoms with Crippen LogP contribution in [-0.2, 0) is 4.74 Å². The third-order valence-corrected chi connectivity index (χ3v) is 3.16. The Kier molecular flexibility index (Phi) is 6.32. The van der Waals surface area contributed by atoms with Gasteiger partial charge in [-0.25, -0.2) is 0 Å². The van der Waals surface area contributed by atoms with E-state index in [1.807, 2.05) is 0 Å². The largest absolute Gasteiger partial charge is 0.373 e. The first-order valence-corrected chi connectivity index (χ1v) is 6.73. The molecule has 0 aliphatic carbocycles. The second-order valence-corrected chi connectivity index (χ2v) is 5.12. The summed E-state index contributed by atoms with van der Waals surface area (Å²) in [4.78, 5) is 2.54. The molecule has 0 aromatic rings. The fourth-order valence-corrected chi connectivity index (χ4v) is 2.54. The number of ether oxygens (including phenoxy) is 1. The summed E-state index contributed by atoms with van der Waals surface area (Å²) in [6.45, 7) is 13.3. The fraction of sp³-hybridized carbons (Fsp3) is 1.00. The van der Waals surface area contributed by atoms with Gasteiger partial charge in [-0.1, -0.05) is 6.92 Å². The van der Waals surface area contributed by atoms with Crippen molar-refractivity contribution in [2.45, 2.75) is 58.8 Å². The van der Waals surface area contributed by atoms with Crippen LogP contribution in [-0.4, -0.2) is 49.3 Å². The molecule has 3 atom stereocenters. The molecule has 1 aliphatic rings. The van der Waals surface area contributed by atoms with Crippen molar-refractivity contribution in [1.82, 2.24) is 10.2 Å². The Morgan fingerprint density at radius 2 is 1.94 bits per heavy atom. The van der Waals surface area contributed by atoms with Gasteiger partial charge in [-0.05, 0) is 46.7 Å². The van der Waals surface area contributed by atoms with Crippen LogP contribution in [0.1, 0.15) is 40.5 Å². The molecule has 1 saturated heterocycles. The van der Waals surface area contributed by atoms with Crippen molar-refractivity contribution < 1.29 is 4.74 Å². The molecule has 96 valence electrons. The predicted octanol–water partition coefficient (Wildman–Crippen LogP) is 1.87. The van der Waals surface area contributed by atoms with E-state index in [9.17, 15) is 0 Å². The first kappa shape index (κ1) is 13.9. The van der Waals surface area contributed by atoms with Crippen molar-refractivity contribution >= 4 is 0 Å². The molecule has 0 aromatic carbocycles. The Bertz CT molecular complexity index is 177. The van der Waals surface area contributed by atoms with Gasteiger partial charge >= 0.3 is 0 Å². The monoisotopic (exact) mass is 228 g/mol. The van der Waals surface area contributed by atoms with Crippen LogP contribution in [0.15, 0.2) is 0 Å². The highest BCUT2D eigenvalue weighted by atomic mass is 16.5. The highest BCUT2D eigenvalue weighted by molar-refractivity contribution is 4.73. The molecule has 0 aromatic heterocycles. The summed E-state index contributed by atoms with van der Waals surface area (Å²) in [5.74, 6) is 0. The summed E-state index contributed by atoms with van der Waals surface area (Å²) in [6, 6.07) is 0.654. The molecule has 0 bridgehead atoms. The van der Waals surface area contributed by atoms with Crippen LogP contribution in [0.2, 0.25) is 0 Å². The third kappa shape index (κ3) is 5.28. The van der Waals surface area contributed by atoms with E-state index in [1.165, 1.54) is 19.4 Å². The molecule has 1 aliphatic heterocycles. The van der Waals surface area contributed by atoms with Crippen LogP contribution < -0.4 is 5.32 Å². The number of hydrogen-bond acceptors (Lipinski definition) is 3. The molecule has 3 unspecified atom stereocenters. The van der Waals surface area contributed by atoms with Crippen LogP contribution in [0, 0.1) is 0 Å². The maximum Gasteiger partial charge on any atom is 0.0678 e. The van der Waals surface area contributed by atoms with Gasteiger partial charge in [0.1, 0.15) is 0 Å². The number of nitrogens with one attached hydrogen (secondary N) is 1. The molecule has 1 N–H and O–H groups in total. The molecule has 0 saturated carbocycles. The second kappa shape index (κ2) is 7.25. The molecule has 0 amide bonds. The van der Waals surface area contributed by atoms with Crippen molar-refractivity contribution in [2.24, 2.45) is 0 Å². The van der Waals surface area contributed by atoms with Gasteiger partial charge in [0.25, 0.3) is 0 Å².